The summed E-state index contributed by atoms with van der Waals surface area (Å²) >= 11 is 0. The Bertz CT molecular complexity index is 880. The van der Waals surface area contributed by atoms with Crippen LogP contribution in [0.15, 0.2) is 41.2 Å². The van der Waals surface area contributed by atoms with E-state index in [9.17, 15) is 23.9 Å². The van der Waals surface area contributed by atoms with Crippen molar-refractivity contribution in [1.82, 2.24) is 15.1 Å². The predicted octanol–water partition coefficient (Wildman–Crippen LogP) is 1.35. The number of carbonyl (C=O) groups is 2. The molecule has 2 aromatic rings. The Balaban J connectivity index is 1.87. The standard InChI is InChI=1S/C17H16FN3O4/c18-11-5-1-2-7-14(11)21-15(22)9-8-13(20-21)16(23)19-12-6-3-4-10(12)17(24)25/h1-2,5,7-10,12H,3-4,6H2,(H,19,23)(H,24,25)/t10-,12+/m1/s1. The van der Waals surface area contributed by atoms with Gasteiger partial charge in [-0.1, -0.05) is 18.6 Å². The number of carboxylic acid groups (broad SMARTS) is 1. The lowest BCUT2D eigenvalue weighted by molar-refractivity contribution is -0.142. The molecule has 1 fully saturated rings. The zero-order valence-electron chi connectivity index (χ0n) is 13.2. The molecule has 7 nitrogen and oxygen atoms in total. The van der Waals surface area contributed by atoms with Crippen LogP contribution in [0.25, 0.3) is 5.69 Å². The van der Waals surface area contributed by atoms with Gasteiger partial charge in [-0.05, 0) is 31.0 Å². The third-order valence-electron chi connectivity index (χ3n) is 4.26. The first-order valence-corrected chi connectivity index (χ1v) is 7.86. The van der Waals surface area contributed by atoms with Crippen LogP contribution in [-0.2, 0) is 4.79 Å². The largest absolute Gasteiger partial charge is 0.481 e. The Hall–Kier alpha value is -3.03. The van der Waals surface area contributed by atoms with E-state index in [0.717, 1.165) is 10.7 Å². The molecule has 2 N–H and O–H groups in total. The van der Waals surface area contributed by atoms with Crippen molar-refractivity contribution < 1.29 is 19.1 Å². The highest BCUT2D eigenvalue weighted by Gasteiger charge is 2.34. The number of carboxylic acids is 1. The van der Waals surface area contributed by atoms with Crippen LogP contribution >= 0.6 is 0 Å². The van der Waals surface area contributed by atoms with E-state index < -0.39 is 35.2 Å². The molecule has 1 aliphatic rings. The third kappa shape index (κ3) is 3.42. The maximum Gasteiger partial charge on any atom is 0.308 e. The molecule has 8 heteroatoms. The van der Waals surface area contributed by atoms with Gasteiger partial charge in [0.25, 0.3) is 11.5 Å². The van der Waals surface area contributed by atoms with Crippen LogP contribution in [0.3, 0.4) is 0 Å². The fourth-order valence-electron chi connectivity index (χ4n) is 3.00. The number of nitrogens with one attached hydrogen (secondary N) is 1. The van der Waals surface area contributed by atoms with Gasteiger partial charge in [0.05, 0.1) is 5.92 Å². The number of amides is 1. The number of para-hydroxylation sites is 1. The summed E-state index contributed by atoms with van der Waals surface area (Å²) in [6.45, 7) is 0. The van der Waals surface area contributed by atoms with E-state index in [1.165, 1.54) is 24.3 Å². The van der Waals surface area contributed by atoms with Gasteiger partial charge in [-0.2, -0.15) is 9.78 Å². The van der Waals surface area contributed by atoms with E-state index in [1.807, 2.05) is 0 Å². The summed E-state index contributed by atoms with van der Waals surface area (Å²) in [6.07, 6.45) is 1.78. The minimum absolute atomic E-state index is 0.0635. The molecule has 1 amide bonds. The molecule has 2 atom stereocenters. The summed E-state index contributed by atoms with van der Waals surface area (Å²) in [6, 6.07) is 7.47. The second-order valence-corrected chi connectivity index (χ2v) is 5.88. The maximum atomic E-state index is 13.9. The molecule has 0 spiro atoms. The summed E-state index contributed by atoms with van der Waals surface area (Å²) in [7, 11) is 0. The number of rotatable bonds is 4. The van der Waals surface area contributed by atoms with Gasteiger partial charge in [0.1, 0.15) is 17.2 Å². The predicted molar refractivity (Wildman–Crippen MR) is 86.0 cm³/mol. The number of benzene rings is 1. The molecular formula is C17H16FN3O4. The second kappa shape index (κ2) is 6.84. The fraction of sp³-hybridized carbons (Fsp3) is 0.294. The molecule has 0 unspecified atom stereocenters. The van der Waals surface area contributed by atoms with E-state index in [1.54, 1.807) is 6.07 Å². The van der Waals surface area contributed by atoms with Crippen LogP contribution in [-0.4, -0.2) is 32.8 Å². The van der Waals surface area contributed by atoms with E-state index >= 15 is 0 Å². The highest BCUT2D eigenvalue weighted by molar-refractivity contribution is 5.92. The molecule has 1 aromatic carbocycles. The number of hydrogen-bond donors (Lipinski definition) is 2. The first kappa shape index (κ1) is 16.8. The van der Waals surface area contributed by atoms with Crippen molar-refractivity contribution >= 4 is 11.9 Å². The summed E-state index contributed by atoms with van der Waals surface area (Å²) in [5.41, 5.74) is -0.726. The monoisotopic (exact) mass is 345 g/mol. The quantitative estimate of drug-likeness (QED) is 0.871. The summed E-state index contributed by atoms with van der Waals surface area (Å²) in [5.74, 6) is -2.83. The van der Waals surface area contributed by atoms with Crippen LogP contribution in [0.4, 0.5) is 4.39 Å². The molecule has 0 bridgehead atoms. The molecule has 25 heavy (non-hydrogen) atoms. The average molecular weight is 345 g/mol. The van der Waals surface area contributed by atoms with Gasteiger partial charge in [0.15, 0.2) is 0 Å². The lowest BCUT2D eigenvalue weighted by Gasteiger charge is -2.17. The van der Waals surface area contributed by atoms with Crippen LogP contribution in [0, 0.1) is 11.7 Å². The van der Waals surface area contributed by atoms with E-state index in [4.69, 9.17) is 0 Å². The van der Waals surface area contributed by atoms with Crippen molar-refractivity contribution in [3.8, 4) is 5.69 Å². The Kier molecular flexibility index (Phi) is 4.60. The normalized spacial score (nSPS) is 19.6. The first-order valence-electron chi connectivity index (χ1n) is 7.86. The Morgan fingerprint density at radius 2 is 1.96 bits per heavy atom. The number of hydrogen-bond acceptors (Lipinski definition) is 4. The number of carbonyl (C=O) groups excluding carboxylic acids is 1. The summed E-state index contributed by atoms with van der Waals surface area (Å²) in [4.78, 5) is 35.5. The van der Waals surface area contributed by atoms with Crippen LogP contribution in [0.1, 0.15) is 29.8 Å². The Morgan fingerprint density at radius 1 is 1.20 bits per heavy atom. The highest BCUT2D eigenvalue weighted by Crippen LogP contribution is 2.26. The number of halogens is 1. The average Bonchev–Trinajstić information content (AvgIpc) is 3.04. The SMILES string of the molecule is O=C(N[C@H]1CCC[C@H]1C(=O)O)c1ccc(=O)n(-c2ccccc2F)n1. The van der Waals surface area contributed by atoms with Gasteiger partial charge >= 0.3 is 5.97 Å². The van der Waals surface area contributed by atoms with Gasteiger partial charge in [0.2, 0.25) is 0 Å². The van der Waals surface area contributed by atoms with Gasteiger partial charge in [0, 0.05) is 12.1 Å². The molecule has 1 aromatic heterocycles. The van der Waals surface area contributed by atoms with Crippen molar-refractivity contribution in [2.75, 3.05) is 0 Å². The van der Waals surface area contributed by atoms with Gasteiger partial charge in [-0.15, -0.1) is 0 Å². The zero-order valence-corrected chi connectivity index (χ0v) is 13.2. The van der Waals surface area contributed by atoms with Crippen molar-refractivity contribution in [2.45, 2.75) is 25.3 Å². The minimum atomic E-state index is -0.952. The van der Waals surface area contributed by atoms with Crippen molar-refractivity contribution in [1.29, 1.82) is 0 Å². The van der Waals surface area contributed by atoms with Crippen LogP contribution in [0.2, 0.25) is 0 Å². The van der Waals surface area contributed by atoms with Gasteiger partial charge < -0.3 is 10.4 Å². The molecule has 0 aliphatic heterocycles. The highest BCUT2D eigenvalue weighted by atomic mass is 19.1. The topological polar surface area (TPSA) is 101 Å². The van der Waals surface area contributed by atoms with E-state index in [2.05, 4.69) is 10.4 Å². The lowest BCUT2D eigenvalue weighted by Crippen LogP contribution is -2.41. The Morgan fingerprint density at radius 3 is 2.68 bits per heavy atom. The third-order valence-corrected chi connectivity index (χ3v) is 4.26. The summed E-state index contributed by atoms with van der Waals surface area (Å²) < 4.78 is 14.7. The number of nitrogens with zero attached hydrogens (tertiary/aromatic N) is 2. The smallest absolute Gasteiger partial charge is 0.308 e. The minimum Gasteiger partial charge on any atom is -0.481 e. The molecule has 130 valence electrons. The zero-order chi connectivity index (χ0) is 18.0. The van der Waals surface area contributed by atoms with Crippen molar-refractivity contribution in [3.05, 3.63) is 58.3 Å². The fourth-order valence-corrected chi connectivity index (χ4v) is 3.00. The van der Waals surface area contributed by atoms with Gasteiger partial charge in [-0.25, -0.2) is 4.39 Å². The second-order valence-electron chi connectivity index (χ2n) is 5.88. The maximum absolute atomic E-state index is 13.9. The molecule has 3 rings (SSSR count). The molecule has 1 aliphatic carbocycles. The number of aliphatic carboxylic acids is 1. The molecule has 1 heterocycles. The van der Waals surface area contributed by atoms with E-state index in [-0.39, 0.29) is 11.4 Å². The molecule has 0 saturated heterocycles. The van der Waals surface area contributed by atoms with Crippen molar-refractivity contribution in [2.24, 2.45) is 5.92 Å². The van der Waals surface area contributed by atoms with Crippen LogP contribution < -0.4 is 10.9 Å². The van der Waals surface area contributed by atoms with Crippen molar-refractivity contribution in [3.63, 3.8) is 0 Å². The molecular weight excluding hydrogens is 329 g/mol. The summed E-state index contributed by atoms with van der Waals surface area (Å²) in [5, 5.41) is 15.7. The molecule has 0 radical (unpaired) electrons. The van der Waals surface area contributed by atoms with Crippen LogP contribution in [0.5, 0.6) is 0 Å². The number of aromatic nitrogens is 2. The van der Waals surface area contributed by atoms with E-state index in [0.29, 0.717) is 19.3 Å². The lowest BCUT2D eigenvalue weighted by atomic mass is 10.0. The first-order chi connectivity index (χ1) is 12.0. The van der Waals surface area contributed by atoms with Gasteiger partial charge in [-0.3, -0.25) is 14.4 Å². The Labute approximate surface area is 142 Å². The molecule has 1 saturated carbocycles.